The van der Waals surface area contributed by atoms with E-state index in [1.54, 1.807) is 6.20 Å². The second kappa shape index (κ2) is 4.66. The summed E-state index contributed by atoms with van der Waals surface area (Å²) >= 11 is 0. The van der Waals surface area contributed by atoms with Gasteiger partial charge in [-0.25, -0.2) is 4.98 Å². The van der Waals surface area contributed by atoms with Crippen LogP contribution in [-0.2, 0) is 10.8 Å². The fourth-order valence-corrected chi connectivity index (χ4v) is 3.03. The maximum absolute atomic E-state index is 12.0. The van der Waals surface area contributed by atoms with Gasteiger partial charge in [-0.2, -0.15) is 0 Å². The number of hydrogen-bond acceptors (Lipinski definition) is 3. The number of pyridine rings is 1. The van der Waals surface area contributed by atoms with E-state index in [9.17, 15) is 4.21 Å². The first-order valence-corrected chi connectivity index (χ1v) is 6.11. The second-order valence-electron chi connectivity index (χ2n) is 3.41. The van der Waals surface area contributed by atoms with E-state index in [0.717, 1.165) is 31.0 Å². The molecule has 14 heavy (non-hydrogen) atoms. The minimum Gasteiger partial charge on any atom is -0.317 e. The van der Waals surface area contributed by atoms with Crippen molar-refractivity contribution >= 4 is 10.8 Å². The molecule has 76 valence electrons. The number of nitrogens with zero attached hydrogens (tertiary/aromatic N) is 1. The van der Waals surface area contributed by atoms with Crippen molar-refractivity contribution in [1.82, 2.24) is 10.3 Å². The van der Waals surface area contributed by atoms with E-state index < -0.39 is 10.8 Å². The van der Waals surface area contributed by atoms with E-state index in [2.05, 4.69) is 10.3 Å². The molecule has 1 aromatic heterocycles. The summed E-state index contributed by atoms with van der Waals surface area (Å²) in [5.74, 6) is 0. The molecule has 1 aliphatic rings. The van der Waals surface area contributed by atoms with Crippen LogP contribution >= 0.6 is 0 Å². The Morgan fingerprint density at radius 1 is 1.36 bits per heavy atom. The summed E-state index contributed by atoms with van der Waals surface area (Å²) in [7, 11) is -0.921. The molecule has 3 nitrogen and oxygen atoms in total. The Morgan fingerprint density at radius 3 is 2.79 bits per heavy atom. The number of hydrogen-bond donors (Lipinski definition) is 1. The quantitative estimate of drug-likeness (QED) is 0.790. The van der Waals surface area contributed by atoms with E-state index in [0.29, 0.717) is 0 Å². The number of piperidine rings is 1. The molecule has 1 fully saturated rings. The van der Waals surface area contributed by atoms with Crippen LogP contribution in [0.4, 0.5) is 0 Å². The Bertz CT molecular complexity index is 309. The first-order chi connectivity index (χ1) is 6.88. The molecule has 0 saturated carbocycles. The van der Waals surface area contributed by atoms with Crippen molar-refractivity contribution in [2.45, 2.75) is 23.1 Å². The highest BCUT2D eigenvalue weighted by atomic mass is 32.2. The van der Waals surface area contributed by atoms with Gasteiger partial charge in [-0.1, -0.05) is 6.07 Å². The summed E-state index contributed by atoms with van der Waals surface area (Å²) in [6.07, 6.45) is 3.68. The van der Waals surface area contributed by atoms with Crippen LogP contribution in [-0.4, -0.2) is 27.5 Å². The molecule has 1 N–H and O–H groups in total. The van der Waals surface area contributed by atoms with Crippen LogP contribution in [0.2, 0.25) is 0 Å². The Hall–Kier alpha value is -0.740. The van der Waals surface area contributed by atoms with Gasteiger partial charge in [0.2, 0.25) is 0 Å². The van der Waals surface area contributed by atoms with E-state index in [1.165, 1.54) is 0 Å². The molecule has 1 aliphatic heterocycles. The molecule has 2 heterocycles. The number of rotatable bonds is 2. The van der Waals surface area contributed by atoms with Crippen molar-refractivity contribution in [2.24, 2.45) is 0 Å². The van der Waals surface area contributed by atoms with Crippen molar-refractivity contribution in [2.75, 3.05) is 13.1 Å². The molecule has 4 heteroatoms. The lowest BCUT2D eigenvalue weighted by molar-refractivity contribution is 0.519. The van der Waals surface area contributed by atoms with Crippen LogP contribution in [0.15, 0.2) is 29.4 Å². The maximum atomic E-state index is 12.0. The summed E-state index contributed by atoms with van der Waals surface area (Å²) in [5.41, 5.74) is 0. The predicted octanol–water partition coefficient (Wildman–Crippen LogP) is 0.941. The van der Waals surface area contributed by atoms with Crippen molar-refractivity contribution in [1.29, 1.82) is 0 Å². The van der Waals surface area contributed by atoms with E-state index in [1.807, 2.05) is 18.2 Å². The topological polar surface area (TPSA) is 42.0 Å². The van der Waals surface area contributed by atoms with Crippen LogP contribution in [0, 0.1) is 0 Å². The highest BCUT2D eigenvalue weighted by molar-refractivity contribution is 7.85. The number of aromatic nitrogens is 1. The van der Waals surface area contributed by atoms with Gasteiger partial charge in [-0.15, -0.1) is 0 Å². The van der Waals surface area contributed by atoms with E-state index >= 15 is 0 Å². The third-order valence-electron chi connectivity index (χ3n) is 2.43. The average Bonchev–Trinajstić information content (AvgIpc) is 2.30. The molecular weight excluding hydrogens is 196 g/mol. The molecule has 0 unspecified atom stereocenters. The zero-order chi connectivity index (χ0) is 9.80. The first-order valence-electron chi connectivity index (χ1n) is 4.90. The van der Waals surface area contributed by atoms with Gasteiger partial charge in [0.15, 0.2) is 0 Å². The van der Waals surface area contributed by atoms with Crippen molar-refractivity contribution in [3.8, 4) is 0 Å². The lowest BCUT2D eigenvalue weighted by atomic mass is 10.2. The fourth-order valence-electron chi connectivity index (χ4n) is 1.65. The van der Waals surface area contributed by atoms with Crippen LogP contribution in [0.1, 0.15) is 12.8 Å². The molecule has 0 amide bonds. The summed E-state index contributed by atoms with van der Waals surface area (Å²) in [4.78, 5) is 4.13. The molecule has 0 bridgehead atoms. The summed E-state index contributed by atoms with van der Waals surface area (Å²) in [6, 6.07) is 5.59. The Labute approximate surface area is 86.4 Å². The van der Waals surface area contributed by atoms with Crippen LogP contribution in [0.3, 0.4) is 0 Å². The molecule has 0 aromatic carbocycles. The zero-order valence-electron chi connectivity index (χ0n) is 7.98. The first kappa shape index (κ1) is 9.80. The lowest BCUT2D eigenvalue weighted by Gasteiger charge is -2.21. The number of nitrogens with one attached hydrogen (secondary N) is 1. The minimum absolute atomic E-state index is 0.283. The van der Waals surface area contributed by atoms with Crippen LogP contribution < -0.4 is 5.32 Å². The second-order valence-corrected chi connectivity index (χ2v) is 5.09. The average molecular weight is 210 g/mol. The van der Waals surface area contributed by atoms with Gasteiger partial charge in [0, 0.05) is 11.4 Å². The lowest BCUT2D eigenvalue weighted by Crippen LogP contribution is -2.33. The molecular formula is C10H14N2OS. The summed E-state index contributed by atoms with van der Waals surface area (Å²) in [6.45, 7) is 1.95. The molecule has 0 spiro atoms. The van der Waals surface area contributed by atoms with Gasteiger partial charge in [0.1, 0.15) is 5.03 Å². The van der Waals surface area contributed by atoms with Crippen molar-refractivity contribution < 1.29 is 4.21 Å². The van der Waals surface area contributed by atoms with E-state index in [-0.39, 0.29) is 5.25 Å². The summed E-state index contributed by atoms with van der Waals surface area (Å²) < 4.78 is 12.0. The maximum Gasteiger partial charge on any atom is 0.127 e. The standard InChI is InChI=1S/C10H14N2OS/c13-14(9-4-7-11-8-5-9)10-3-1-2-6-12-10/h1-3,6,9,11H,4-5,7-8H2/t14-/m1/s1. The molecule has 1 saturated heterocycles. The van der Waals surface area contributed by atoms with Gasteiger partial charge >= 0.3 is 0 Å². The molecule has 1 atom stereocenters. The van der Waals surface area contributed by atoms with Crippen LogP contribution in [0.5, 0.6) is 0 Å². The smallest absolute Gasteiger partial charge is 0.127 e. The minimum atomic E-state index is -0.921. The largest absolute Gasteiger partial charge is 0.317 e. The SMILES string of the molecule is O=[S@@](c1ccccn1)C1CCNCC1. The van der Waals surface area contributed by atoms with Gasteiger partial charge < -0.3 is 5.32 Å². The Morgan fingerprint density at radius 2 is 2.14 bits per heavy atom. The zero-order valence-corrected chi connectivity index (χ0v) is 8.80. The van der Waals surface area contributed by atoms with Gasteiger partial charge in [-0.05, 0) is 38.1 Å². The Balaban J connectivity index is 2.07. The van der Waals surface area contributed by atoms with Gasteiger partial charge in [0.05, 0.1) is 10.8 Å². The monoisotopic (exact) mass is 210 g/mol. The van der Waals surface area contributed by atoms with Crippen LogP contribution in [0.25, 0.3) is 0 Å². The third kappa shape index (κ3) is 2.19. The van der Waals surface area contributed by atoms with Gasteiger partial charge in [-0.3, -0.25) is 4.21 Å². The molecule has 1 aromatic rings. The molecule has 0 radical (unpaired) electrons. The highest BCUT2D eigenvalue weighted by Crippen LogP contribution is 2.15. The fraction of sp³-hybridized carbons (Fsp3) is 0.500. The normalized spacial score (nSPS) is 20.6. The van der Waals surface area contributed by atoms with Gasteiger partial charge in [0.25, 0.3) is 0 Å². The molecule has 2 rings (SSSR count). The summed E-state index contributed by atoms with van der Waals surface area (Å²) in [5, 5.41) is 4.27. The van der Waals surface area contributed by atoms with Crippen molar-refractivity contribution in [3.63, 3.8) is 0 Å². The molecule has 0 aliphatic carbocycles. The Kier molecular flexibility index (Phi) is 3.26. The third-order valence-corrected chi connectivity index (χ3v) is 4.16. The predicted molar refractivity (Wildman–Crippen MR) is 56.5 cm³/mol. The highest BCUT2D eigenvalue weighted by Gasteiger charge is 2.21. The van der Waals surface area contributed by atoms with Crippen molar-refractivity contribution in [3.05, 3.63) is 24.4 Å². The van der Waals surface area contributed by atoms with E-state index in [4.69, 9.17) is 0 Å².